The minimum absolute atomic E-state index is 0.0541. The number of benzene rings is 1. The van der Waals surface area contributed by atoms with Crippen LogP contribution in [-0.4, -0.2) is 28.8 Å². The summed E-state index contributed by atoms with van der Waals surface area (Å²) < 4.78 is 0. The highest BCUT2D eigenvalue weighted by molar-refractivity contribution is 6.25. The quantitative estimate of drug-likeness (QED) is 0.861. The molecule has 5 heteroatoms. The van der Waals surface area contributed by atoms with E-state index in [2.05, 4.69) is 72.0 Å². The third kappa shape index (κ3) is 2.39. The fourth-order valence-electron chi connectivity index (χ4n) is 2.49. The molecule has 0 radical (unpaired) electrons. The van der Waals surface area contributed by atoms with E-state index >= 15 is 0 Å². The molecule has 1 aromatic carbocycles. The molecule has 2 aliphatic rings. The van der Waals surface area contributed by atoms with Crippen LogP contribution < -0.4 is 10.6 Å². The zero-order chi connectivity index (χ0) is 15.2. The Morgan fingerprint density at radius 2 is 1.76 bits per heavy atom. The summed E-state index contributed by atoms with van der Waals surface area (Å²) >= 11 is 0. The molecule has 0 bridgehead atoms. The van der Waals surface area contributed by atoms with Gasteiger partial charge in [0.25, 0.3) is 0 Å². The molecular formula is C16H21N5. The highest BCUT2D eigenvalue weighted by atomic mass is 15.4. The molecule has 0 amide bonds. The maximum absolute atomic E-state index is 5.97. The van der Waals surface area contributed by atoms with Gasteiger partial charge in [-0.2, -0.15) is 0 Å². The average Bonchev–Trinajstić information content (AvgIpc) is 2.79. The lowest BCUT2D eigenvalue weighted by molar-refractivity contribution is 0.238. The third-order valence-electron chi connectivity index (χ3n) is 3.78. The second kappa shape index (κ2) is 4.62. The monoisotopic (exact) mass is 283 g/mol. The first kappa shape index (κ1) is 13.7. The van der Waals surface area contributed by atoms with Crippen molar-refractivity contribution in [2.75, 3.05) is 11.6 Å². The highest BCUT2D eigenvalue weighted by Crippen LogP contribution is 2.28. The van der Waals surface area contributed by atoms with Crippen molar-refractivity contribution < 1.29 is 0 Å². The minimum Gasteiger partial charge on any atom is -0.382 e. The van der Waals surface area contributed by atoms with Crippen molar-refractivity contribution in [1.29, 1.82) is 0 Å². The van der Waals surface area contributed by atoms with E-state index < -0.39 is 0 Å². The maximum Gasteiger partial charge on any atom is 0.165 e. The van der Waals surface area contributed by atoms with Crippen molar-refractivity contribution in [2.24, 2.45) is 15.9 Å². The van der Waals surface area contributed by atoms with E-state index in [9.17, 15) is 0 Å². The van der Waals surface area contributed by atoms with Crippen LogP contribution in [0.1, 0.15) is 26.3 Å². The predicted octanol–water partition coefficient (Wildman–Crippen LogP) is 2.44. The lowest BCUT2D eigenvalue weighted by Crippen LogP contribution is -2.54. The fraction of sp³-hybridized carbons (Fsp3) is 0.375. The smallest absolute Gasteiger partial charge is 0.165 e. The van der Waals surface area contributed by atoms with Gasteiger partial charge in [-0.05, 0) is 39.8 Å². The van der Waals surface area contributed by atoms with Crippen LogP contribution in [0, 0.1) is 6.92 Å². The van der Waals surface area contributed by atoms with Crippen LogP contribution in [0.3, 0.4) is 0 Å². The Kier molecular flexibility index (Phi) is 3.01. The van der Waals surface area contributed by atoms with E-state index in [1.807, 2.05) is 6.20 Å². The lowest BCUT2D eigenvalue weighted by Gasteiger charge is -2.43. The summed E-state index contributed by atoms with van der Waals surface area (Å²) in [4.78, 5) is 4.41. The Labute approximate surface area is 125 Å². The molecule has 0 atom stereocenters. The van der Waals surface area contributed by atoms with Gasteiger partial charge < -0.3 is 15.5 Å². The zero-order valence-electron chi connectivity index (χ0n) is 13.0. The van der Waals surface area contributed by atoms with Gasteiger partial charge in [-0.3, -0.25) is 0 Å². The van der Waals surface area contributed by atoms with Crippen molar-refractivity contribution in [1.82, 2.24) is 4.90 Å². The summed E-state index contributed by atoms with van der Waals surface area (Å²) in [6, 6.07) is 8.48. The average molecular weight is 283 g/mol. The Balaban J connectivity index is 2.02. The number of nitrogens with two attached hydrogens (primary N) is 1. The summed E-state index contributed by atoms with van der Waals surface area (Å²) in [6.07, 6.45) is 2.04. The van der Waals surface area contributed by atoms with Crippen LogP contribution >= 0.6 is 0 Å². The third-order valence-corrected chi connectivity index (χ3v) is 3.78. The van der Waals surface area contributed by atoms with Gasteiger partial charge in [-0.15, -0.1) is 10.2 Å². The first-order chi connectivity index (χ1) is 9.86. The topological polar surface area (TPSA) is 57.2 Å². The highest BCUT2D eigenvalue weighted by Gasteiger charge is 2.35. The second-order valence-electron chi connectivity index (χ2n) is 6.50. The first-order valence-corrected chi connectivity index (χ1v) is 7.11. The summed E-state index contributed by atoms with van der Waals surface area (Å²) in [5.41, 5.74) is 9.21. The second-order valence-corrected chi connectivity index (χ2v) is 6.50. The van der Waals surface area contributed by atoms with Gasteiger partial charge in [0, 0.05) is 17.4 Å². The van der Waals surface area contributed by atoms with Gasteiger partial charge in [0.2, 0.25) is 0 Å². The van der Waals surface area contributed by atoms with Crippen LogP contribution in [0.15, 0.2) is 46.2 Å². The molecule has 2 N–H and O–H groups in total. The van der Waals surface area contributed by atoms with E-state index in [-0.39, 0.29) is 5.54 Å². The number of fused-ring (bicyclic) bond motifs is 1. The van der Waals surface area contributed by atoms with Gasteiger partial charge in [0.15, 0.2) is 11.7 Å². The van der Waals surface area contributed by atoms with E-state index in [4.69, 9.17) is 5.73 Å². The Hall–Kier alpha value is -2.30. The largest absolute Gasteiger partial charge is 0.382 e. The Morgan fingerprint density at radius 3 is 2.38 bits per heavy atom. The standard InChI is InChI=1S/C16H21N5/c1-11-5-7-12(8-6-11)20-9-13-14(17)18-19-15(13)21(10-20)16(2,3)4/h5-9H,10H2,1-4H3,(H2,17,18). The Morgan fingerprint density at radius 1 is 1.10 bits per heavy atom. The number of hydrogen-bond donors (Lipinski definition) is 1. The molecule has 2 aliphatic heterocycles. The van der Waals surface area contributed by atoms with Crippen molar-refractivity contribution in [3.05, 3.63) is 41.6 Å². The fourth-order valence-corrected chi connectivity index (χ4v) is 2.49. The van der Waals surface area contributed by atoms with E-state index in [0.29, 0.717) is 5.84 Å². The van der Waals surface area contributed by atoms with E-state index in [0.717, 1.165) is 23.8 Å². The van der Waals surface area contributed by atoms with Crippen LogP contribution in [0.4, 0.5) is 5.69 Å². The molecular weight excluding hydrogens is 262 g/mol. The number of aryl methyl sites for hydroxylation is 1. The molecule has 0 saturated carbocycles. The summed E-state index contributed by atoms with van der Waals surface area (Å²) in [5.74, 6) is 1.35. The lowest BCUT2D eigenvalue weighted by atomic mass is 10.0. The zero-order valence-corrected chi connectivity index (χ0v) is 13.0. The van der Waals surface area contributed by atoms with Crippen LogP contribution in [0.5, 0.6) is 0 Å². The molecule has 0 spiro atoms. The maximum atomic E-state index is 5.97. The van der Waals surface area contributed by atoms with Crippen LogP contribution in [-0.2, 0) is 0 Å². The number of hydrogen-bond acceptors (Lipinski definition) is 5. The van der Waals surface area contributed by atoms with Gasteiger partial charge in [-0.25, -0.2) is 0 Å². The van der Waals surface area contributed by atoms with Crippen LogP contribution in [0.25, 0.3) is 0 Å². The van der Waals surface area contributed by atoms with Gasteiger partial charge in [-0.1, -0.05) is 17.7 Å². The molecule has 0 saturated heterocycles. The van der Waals surface area contributed by atoms with Gasteiger partial charge >= 0.3 is 0 Å². The van der Waals surface area contributed by atoms with E-state index in [1.54, 1.807) is 0 Å². The molecule has 0 aliphatic carbocycles. The SMILES string of the molecule is Cc1ccc(N2C=C3C(N)=NN=C3N(C(C)(C)C)C2)cc1. The molecule has 0 fully saturated rings. The van der Waals surface area contributed by atoms with Crippen molar-refractivity contribution >= 4 is 17.4 Å². The molecule has 5 nitrogen and oxygen atoms in total. The molecule has 2 heterocycles. The van der Waals surface area contributed by atoms with Gasteiger partial charge in [0.05, 0.1) is 12.2 Å². The van der Waals surface area contributed by atoms with Crippen molar-refractivity contribution in [2.45, 2.75) is 33.2 Å². The number of rotatable bonds is 1. The predicted molar refractivity (Wildman–Crippen MR) is 87.3 cm³/mol. The summed E-state index contributed by atoms with van der Waals surface area (Å²) in [7, 11) is 0. The Bertz CT molecular complexity index is 646. The molecule has 1 aromatic rings. The van der Waals surface area contributed by atoms with Crippen LogP contribution in [0.2, 0.25) is 0 Å². The van der Waals surface area contributed by atoms with Crippen molar-refractivity contribution in [3.63, 3.8) is 0 Å². The molecule has 0 unspecified atom stereocenters. The first-order valence-electron chi connectivity index (χ1n) is 7.11. The van der Waals surface area contributed by atoms with E-state index in [1.165, 1.54) is 5.56 Å². The molecule has 110 valence electrons. The number of amidine groups is 2. The normalized spacial score (nSPS) is 18.2. The number of nitrogens with zero attached hydrogens (tertiary/aromatic N) is 4. The summed E-state index contributed by atoms with van der Waals surface area (Å²) in [5, 5.41) is 8.27. The summed E-state index contributed by atoms with van der Waals surface area (Å²) in [6.45, 7) is 9.32. The number of anilines is 1. The minimum atomic E-state index is -0.0541. The molecule has 0 aromatic heterocycles. The van der Waals surface area contributed by atoms with Gasteiger partial charge in [0.1, 0.15) is 0 Å². The van der Waals surface area contributed by atoms with Crippen molar-refractivity contribution in [3.8, 4) is 0 Å². The molecule has 21 heavy (non-hydrogen) atoms. The molecule has 3 rings (SSSR count).